The van der Waals surface area contributed by atoms with Crippen LogP contribution in [0.3, 0.4) is 0 Å². The maximum absolute atomic E-state index is 12.5. The van der Waals surface area contributed by atoms with Crippen molar-refractivity contribution < 1.29 is 9.53 Å². The summed E-state index contributed by atoms with van der Waals surface area (Å²) >= 11 is 0. The Balaban J connectivity index is 0.00000312. The lowest BCUT2D eigenvalue weighted by molar-refractivity contribution is -0.142. The molecule has 0 fully saturated rings. The largest absolute Gasteiger partial charge is 0.449 e. The minimum atomic E-state index is -0.376. The number of ether oxygens (including phenoxy) is 1. The minimum absolute atomic E-state index is 0. The first-order valence-corrected chi connectivity index (χ1v) is 8.70. The van der Waals surface area contributed by atoms with E-state index in [1.165, 1.54) is 12.8 Å². The second-order valence-electron chi connectivity index (χ2n) is 5.99. The number of hydrogen-bond acceptors (Lipinski definition) is 2. The van der Waals surface area contributed by atoms with Gasteiger partial charge in [-0.25, -0.2) is 4.79 Å². The van der Waals surface area contributed by atoms with Crippen molar-refractivity contribution in [2.75, 3.05) is 0 Å². The highest BCUT2D eigenvalue weighted by Crippen LogP contribution is 2.26. The molecule has 0 aromatic heterocycles. The van der Waals surface area contributed by atoms with Crippen LogP contribution in [0.4, 0.5) is 0 Å². The standard InChI is InChI=1S/C22H26O2.BrH/c1-3-4-5-8-13-18(2)22(23)24-21(19-14-9-6-10-15-19)20-16-11-7-12-17-20;/h6-7,9-17,21H,3-5,8H2,1-2H3;1H. The highest BCUT2D eigenvalue weighted by Gasteiger charge is 2.19. The predicted octanol–water partition coefficient (Wildman–Crippen LogP) is 6.42. The summed E-state index contributed by atoms with van der Waals surface area (Å²) in [6.45, 7) is 4.01. The summed E-state index contributed by atoms with van der Waals surface area (Å²) in [4.78, 5) is 12.5. The van der Waals surface area contributed by atoms with Gasteiger partial charge in [0.2, 0.25) is 0 Å². The molecule has 2 aromatic carbocycles. The smallest absolute Gasteiger partial charge is 0.334 e. The van der Waals surface area contributed by atoms with Crippen molar-refractivity contribution in [2.24, 2.45) is 0 Å². The molecular formula is C22H27BrO2. The molecule has 0 radical (unpaired) electrons. The van der Waals surface area contributed by atoms with Crippen molar-refractivity contribution in [2.45, 2.75) is 45.6 Å². The Bertz CT molecular complexity index is 611. The van der Waals surface area contributed by atoms with Crippen LogP contribution in [-0.4, -0.2) is 5.97 Å². The molecule has 0 spiro atoms. The lowest BCUT2D eigenvalue weighted by Crippen LogP contribution is -2.13. The Morgan fingerprint density at radius 3 is 1.96 bits per heavy atom. The Hall–Kier alpha value is -1.87. The van der Waals surface area contributed by atoms with Gasteiger partial charge in [0.1, 0.15) is 0 Å². The molecule has 0 unspecified atom stereocenters. The number of allylic oxidation sites excluding steroid dienone is 1. The summed E-state index contributed by atoms with van der Waals surface area (Å²) in [6.07, 6.45) is 6.03. The van der Waals surface area contributed by atoms with Crippen molar-refractivity contribution in [1.29, 1.82) is 0 Å². The Morgan fingerprint density at radius 2 is 1.48 bits per heavy atom. The number of rotatable bonds is 8. The van der Waals surface area contributed by atoms with Crippen LogP contribution in [0.5, 0.6) is 0 Å². The summed E-state index contributed by atoms with van der Waals surface area (Å²) in [5.41, 5.74) is 2.65. The second-order valence-corrected chi connectivity index (χ2v) is 5.99. The van der Waals surface area contributed by atoms with Crippen molar-refractivity contribution in [3.8, 4) is 0 Å². The first kappa shape index (κ1) is 21.2. The van der Waals surface area contributed by atoms with Gasteiger partial charge in [-0.3, -0.25) is 0 Å². The van der Waals surface area contributed by atoms with Gasteiger partial charge in [-0.1, -0.05) is 86.5 Å². The number of carbonyl (C=O) groups is 1. The third kappa shape index (κ3) is 6.87. The molecule has 0 aliphatic rings. The van der Waals surface area contributed by atoms with E-state index in [9.17, 15) is 4.79 Å². The summed E-state index contributed by atoms with van der Waals surface area (Å²) in [6, 6.07) is 19.8. The molecule has 0 aliphatic carbocycles. The predicted molar refractivity (Wildman–Crippen MR) is 109 cm³/mol. The summed E-state index contributed by atoms with van der Waals surface area (Å²) in [5.74, 6) is -0.246. The van der Waals surface area contributed by atoms with E-state index in [1.54, 1.807) is 0 Å². The van der Waals surface area contributed by atoms with Crippen molar-refractivity contribution in [1.82, 2.24) is 0 Å². The van der Waals surface area contributed by atoms with Crippen molar-refractivity contribution in [3.05, 3.63) is 83.4 Å². The molecule has 25 heavy (non-hydrogen) atoms. The fourth-order valence-electron chi connectivity index (χ4n) is 2.58. The van der Waals surface area contributed by atoms with E-state index in [1.807, 2.05) is 73.7 Å². The van der Waals surface area contributed by atoms with Crippen LogP contribution < -0.4 is 0 Å². The van der Waals surface area contributed by atoms with E-state index in [4.69, 9.17) is 4.74 Å². The molecule has 2 rings (SSSR count). The molecule has 0 N–H and O–H groups in total. The summed E-state index contributed by atoms with van der Waals surface area (Å²) < 4.78 is 5.83. The van der Waals surface area contributed by atoms with E-state index in [0.29, 0.717) is 5.57 Å². The number of carbonyl (C=O) groups excluding carboxylic acids is 1. The fourth-order valence-corrected chi connectivity index (χ4v) is 2.58. The van der Waals surface area contributed by atoms with Gasteiger partial charge in [-0.2, -0.15) is 0 Å². The number of unbranched alkanes of at least 4 members (excludes halogenated alkanes) is 3. The van der Waals surface area contributed by atoms with E-state index in [2.05, 4.69) is 6.92 Å². The van der Waals surface area contributed by atoms with Gasteiger partial charge in [0.05, 0.1) is 0 Å². The average molecular weight is 403 g/mol. The zero-order valence-electron chi connectivity index (χ0n) is 15.0. The lowest BCUT2D eigenvalue weighted by Gasteiger charge is -2.19. The maximum atomic E-state index is 12.5. The summed E-state index contributed by atoms with van der Waals surface area (Å²) in [5, 5.41) is 0. The van der Waals surface area contributed by atoms with E-state index in [0.717, 1.165) is 24.0 Å². The Kier molecular flexibility index (Phi) is 9.86. The van der Waals surface area contributed by atoms with Crippen LogP contribution in [-0.2, 0) is 9.53 Å². The first-order valence-electron chi connectivity index (χ1n) is 8.70. The van der Waals surface area contributed by atoms with Crippen LogP contribution in [0.1, 0.15) is 56.8 Å². The van der Waals surface area contributed by atoms with Gasteiger partial charge in [0, 0.05) is 5.57 Å². The molecule has 0 aliphatic heterocycles. The number of benzene rings is 2. The first-order chi connectivity index (χ1) is 11.7. The molecule has 2 aromatic rings. The minimum Gasteiger partial charge on any atom is -0.449 e. The molecule has 0 atom stereocenters. The zero-order valence-corrected chi connectivity index (χ0v) is 16.7. The zero-order chi connectivity index (χ0) is 17.2. The third-order valence-corrected chi connectivity index (χ3v) is 4.01. The number of halogens is 1. The van der Waals surface area contributed by atoms with Crippen LogP contribution in [0, 0.1) is 0 Å². The van der Waals surface area contributed by atoms with E-state index >= 15 is 0 Å². The molecule has 0 bridgehead atoms. The van der Waals surface area contributed by atoms with Crippen LogP contribution in [0.2, 0.25) is 0 Å². The van der Waals surface area contributed by atoms with E-state index in [-0.39, 0.29) is 29.1 Å². The fraction of sp³-hybridized carbons (Fsp3) is 0.318. The molecular weight excluding hydrogens is 376 g/mol. The van der Waals surface area contributed by atoms with Crippen molar-refractivity contribution in [3.63, 3.8) is 0 Å². The van der Waals surface area contributed by atoms with E-state index < -0.39 is 0 Å². The highest BCUT2D eigenvalue weighted by molar-refractivity contribution is 8.93. The monoisotopic (exact) mass is 402 g/mol. The Morgan fingerprint density at radius 1 is 0.960 bits per heavy atom. The van der Waals surface area contributed by atoms with Gasteiger partial charge < -0.3 is 4.74 Å². The van der Waals surface area contributed by atoms with Gasteiger partial charge in [0.15, 0.2) is 6.10 Å². The molecule has 134 valence electrons. The van der Waals surface area contributed by atoms with Gasteiger partial charge in [-0.15, -0.1) is 17.0 Å². The molecule has 3 heteroatoms. The molecule has 0 amide bonds. The van der Waals surface area contributed by atoms with Crippen LogP contribution in [0.15, 0.2) is 72.3 Å². The lowest BCUT2D eigenvalue weighted by atomic mass is 10.0. The summed E-state index contributed by atoms with van der Waals surface area (Å²) in [7, 11) is 0. The third-order valence-electron chi connectivity index (χ3n) is 4.01. The van der Waals surface area contributed by atoms with Gasteiger partial charge in [0.25, 0.3) is 0 Å². The highest BCUT2D eigenvalue weighted by atomic mass is 79.9. The molecule has 0 saturated carbocycles. The SMILES string of the molecule is Br.CCCCCC=C(C)C(=O)OC(c1ccccc1)c1ccccc1. The normalized spacial score (nSPS) is 11.1. The molecule has 2 nitrogen and oxygen atoms in total. The second kappa shape index (κ2) is 11.6. The number of hydrogen-bond donors (Lipinski definition) is 0. The Labute approximate surface area is 161 Å². The van der Waals surface area contributed by atoms with Gasteiger partial charge >= 0.3 is 5.97 Å². The van der Waals surface area contributed by atoms with Gasteiger partial charge in [-0.05, 0) is 30.9 Å². The molecule has 0 heterocycles. The van der Waals surface area contributed by atoms with Crippen molar-refractivity contribution >= 4 is 23.0 Å². The van der Waals surface area contributed by atoms with Crippen LogP contribution >= 0.6 is 17.0 Å². The van der Waals surface area contributed by atoms with Crippen LogP contribution in [0.25, 0.3) is 0 Å². The molecule has 0 saturated heterocycles. The number of esters is 1. The topological polar surface area (TPSA) is 26.3 Å². The average Bonchev–Trinajstić information content (AvgIpc) is 2.64. The maximum Gasteiger partial charge on any atom is 0.334 e. The quantitative estimate of drug-likeness (QED) is 0.289.